The van der Waals surface area contributed by atoms with Gasteiger partial charge in [-0.3, -0.25) is 0 Å². The summed E-state index contributed by atoms with van der Waals surface area (Å²) in [6.07, 6.45) is 0. The summed E-state index contributed by atoms with van der Waals surface area (Å²) >= 11 is 2.15. The van der Waals surface area contributed by atoms with Gasteiger partial charge in [0.1, 0.15) is 5.76 Å². The van der Waals surface area contributed by atoms with Gasteiger partial charge in [-0.15, -0.1) is 0 Å². The number of halogens is 1. The number of nitrogens with one attached hydrogen (secondary N) is 3. The number of fused-ring (bicyclic) bond motifs is 1. The summed E-state index contributed by atoms with van der Waals surface area (Å²) < 4.78 is 6.40. The van der Waals surface area contributed by atoms with E-state index in [-0.39, 0.29) is 11.7 Å². The first-order valence-corrected chi connectivity index (χ1v) is 7.39. The molecule has 3 rings (SSSR count). The molecule has 104 valence electrons. The van der Waals surface area contributed by atoms with E-state index in [1.54, 1.807) is 0 Å². The number of hydrogen-bond acceptors (Lipinski definition) is 3. The number of rotatable bonds is 4. The molecule has 0 spiro atoms. The zero-order chi connectivity index (χ0) is 14.1. The molecule has 1 atom stereocenters. The smallest absolute Gasteiger partial charge is 0.323 e. The predicted octanol–water partition coefficient (Wildman–Crippen LogP) is 2.90. The number of hydrogen-bond donors (Lipinski definition) is 3. The van der Waals surface area contributed by atoms with Gasteiger partial charge in [-0.05, 0) is 59.3 Å². The molecule has 0 radical (unpaired) electrons. The summed E-state index contributed by atoms with van der Waals surface area (Å²) in [5.41, 5.74) is 2.59. The average molecular weight is 383 g/mol. The number of H-pyrrole nitrogens is 2. The Kier molecular flexibility index (Phi) is 3.66. The highest BCUT2D eigenvalue weighted by Crippen LogP contribution is 2.18. The summed E-state index contributed by atoms with van der Waals surface area (Å²) in [5.74, 6) is 0.914. The molecule has 3 N–H and O–H groups in total. The molecule has 0 bridgehead atoms. The lowest BCUT2D eigenvalue weighted by Crippen LogP contribution is -2.17. The van der Waals surface area contributed by atoms with E-state index >= 15 is 0 Å². The third-order valence-corrected chi connectivity index (χ3v) is 3.83. The second-order valence-corrected chi connectivity index (χ2v) is 5.76. The number of furan rings is 1. The Morgan fingerprint density at radius 1 is 1.25 bits per heavy atom. The lowest BCUT2D eigenvalue weighted by atomic mass is 10.1. The van der Waals surface area contributed by atoms with Crippen LogP contribution in [0.2, 0.25) is 0 Å². The highest BCUT2D eigenvalue weighted by Gasteiger charge is 2.08. The monoisotopic (exact) mass is 383 g/mol. The molecule has 0 saturated heterocycles. The fraction of sp³-hybridized carbons (Fsp3) is 0.214. The van der Waals surface area contributed by atoms with Crippen molar-refractivity contribution in [2.24, 2.45) is 0 Å². The second-order valence-electron chi connectivity index (χ2n) is 4.69. The van der Waals surface area contributed by atoms with Gasteiger partial charge in [-0.2, -0.15) is 0 Å². The van der Waals surface area contributed by atoms with E-state index in [9.17, 15) is 4.79 Å². The minimum absolute atomic E-state index is 0.167. The van der Waals surface area contributed by atoms with Crippen molar-refractivity contribution in [3.8, 4) is 0 Å². The first-order valence-electron chi connectivity index (χ1n) is 6.31. The van der Waals surface area contributed by atoms with Crippen molar-refractivity contribution in [3.05, 3.63) is 55.9 Å². The van der Waals surface area contributed by atoms with Crippen LogP contribution in [-0.4, -0.2) is 9.97 Å². The zero-order valence-corrected chi connectivity index (χ0v) is 13.0. The maximum absolute atomic E-state index is 11.2. The number of aromatic amines is 2. The van der Waals surface area contributed by atoms with Crippen molar-refractivity contribution < 1.29 is 4.42 Å². The third-order valence-electron chi connectivity index (χ3n) is 3.25. The molecular formula is C14H14IN3O2. The van der Waals surface area contributed by atoms with E-state index < -0.39 is 0 Å². The topological polar surface area (TPSA) is 73.8 Å². The number of imidazole rings is 1. The molecule has 5 nitrogen and oxygen atoms in total. The van der Waals surface area contributed by atoms with Gasteiger partial charge in [0.05, 0.1) is 17.6 Å². The molecule has 0 aliphatic rings. The summed E-state index contributed by atoms with van der Waals surface area (Å²) in [6.45, 7) is 2.76. The van der Waals surface area contributed by atoms with Crippen molar-refractivity contribution >= 4 is 33.6 Å². The van der Waals surface area contributed by atoms with Gasteiger partial charge < -0.3 is 19.7 Å². The third kappa shape index (κ3) is 2.80. The largest absolute Gasteiger partial charge is 0.454 e. The van der Waals surface area contributed by atoms with Crippen molar-refractivity contribution in [1.82, 2.24) is 15.3 Å². The van der Waals surface area contributed by atoms with Crippen LogP contribution in [0.3, 0.4) is 0 Å². The molecule has 2 heterocycles. The number of aromatic nitrogens is 2. The van der Waals surface area contributed by atoms with Crippen LogP contribution >= 0.6 is 22.6 Å². The fourth-order valence-corrected chi connectivity index (χ4v) is 2.60. The van der Waals surface area contributed by atoms with Gasteiger partial charge in [0, 0.05) is 6.04 Å². The standard InChI is InChI=1S/C14H14IN3O2/c1-8(16-7-10-3-5-13(15)20-10)9-2-4-11-12(6-9)18-14(19)17-11/h2-6,8,16H,7H2,1H3,(H2,17,18,19). The van der Waals surface area contributed by atoms with Gasteiger partial charge >= 0.3 is 5.69 Å². The van der Waals surface area contributed by atoms with Crippen molar-refractivity contribution in [3.63, 3.8) is 0 Å². The first-order chi connectivity index (χ1) is 9.61. The lowest BCUT2D eigenvalue weighted by molar-refractivity contribution is 0.445. The van der Waals surface area contributed by atoms with Crippen LogP contribution in [0.4, 0.5) is 0 Å². The molecular weight excluding hydrogens is 369 g/mol. The van der Waals surface area contributed by atoms with E-state index in [1.807, 2.05) is 30.3 Å². The molecule has 0 amide bonds. The molecule has 1 unspecified atom stereocenters. The minimum Gasteiger partial charge on any atom is -0.454 e. The fourth-order valence-electron chi connectivity index (χ4n) is 2.14. The van der Waals surface area contributed by atoms with Crippen LogP contribution in [0.1, 0.15) is 24.3 Å². The minimum atomic E-state index is -0.178. The Morgan fingerprint density at radius 2 is 2.05 bits per heavy atom. The van der Waals surface area contributed by atoms with Crippen LogP contribution in [0, 0.1) is 3.77 Å². The quantitative estimate of drug-likeness (QED) is 0.607. The Hall–Kier alpha value is -1.54. The Balaban J connectivity index is 1.74. The Bertz CT molecular complexity index is 787. The van der Waals surface area contributed by atoms with Crippen LogP contribution in [0.25, 0.3) is 11.0 Å². The van der Waals surface area contributed by atoms with Gasteiger partial charge in [-0.25, -0.2) is 4.79 Å². The maximum Gasteiger partial charge on any atom is 0.323 e. The van der Waals surface area contributed by atoms with Crippen molar-refractivity contribution in [1.29, 1.82) is 0 Å². The predicted molar refractivity (Wildman–Crippen MR) is 85.6 cm³/mol. The lowest BCUT2D eigenvalue weighted by Gasteiger charge is -2.13. The molecule has 6 heteroatoms. The summed E-state index contributed by atoms with van der Waals surface area (Å²) in [5, 5.41) is 3.40. The van der Waals surface area contributed by atoms with Gasteiger partial charge in [0.15, 0.2) is 3.77 Å². The molecule has 0 aliphatic carbocycles. The van der Waals surface area contributed by atoms with Gasteiger partial charge in [0.25, 0.3) is 0 Å². The van der Waals surface area contributed by atoms with Gasteiger partial charge in [0.2, 0.25) is 0 Å². The van der Waals surface area contributed by atoms with Crippen molar-refractivity contribution in [2.45, 2.75) is 19.5 Å². The van der Waals surface area contributed by atoms with E-state index in [1.165, 1.54) is 0 Å². The highest BCUT2D eigenvalue weighted by molar-refractivity contribution is 14.1. The molecule has 2 aromatic heterocycles. The van der Waals surface area contributed by atoms with E-state index in [2.05, 4.69) is 44.8 Å². The van der Waals surface area contributed by atoms with Crippen molar-refractivity contribution in [2.75, 3.05) is 0 Å². The van der Waals surface area contributed by atoms with Crippen LogP contribution in [-0.2, 0) is 6.54 Å². The molecule has 0 fully saturated rings. The highest BCUT2D eigenvalue weighted by atomic mass is 127. The molecule has 1 aromatic carbocycles. The molecule has 0 aliphatic heterocycles. The van der Waals surface area contributed by atoms with E-state index in [0.29, 0.717) is 6.54 Å². The van der Waals surface area contributed by atoms with Crippen LogP contribution < -0.4 is 11.0 Å². The Morgan fingerprint density at radius 3 is 2.80 bits per heavy atom. The Labute approximate surface area is 128 Å². The summed E-state index contributed by atoms with van der Waals surface area (Å²) in [7, 11) is 0. The van der Waals surface area contributed by atoms with Crippen LogP contribution in [0.15, 0.2) is 39.5 Å². The molecule has 3 aromatic rings. The van der Waals surface area contributed by atoms with Crippen LogP contribution in [0.5, 0.6) is 0 Å². The SMILES string of the molecule is CC(NCc1ccc(I)o1)c1ccc2[nH]c(=O)[nH]c2c1. The average Bonchev–Trinajstić information content (AvgIpc) is 2.99. The van der Waals surface area contributed by atoms with E-state index in [4.69, 9.17) is 4.42 Å². The zero-order valence-electron chi connectivity index (χ0n) is 10.9. The summed E-state index contributed by atoms with van der Waals surface area (Å²) in [6, 6.07) is 9.98. The summed E-state index contributed by atoms with van der Waals surface area (Å²) in [4.78, 5) is 16.8. The molecule has 20 heavy (non-hydrogen) atoms. The first kappa shape index (κ1) is 13.4. The van der Waals surface area contributed by atoms with E-state index in [0.717, 1.165) is 26.1 Å². The second kappa shape index (κ2) is 5.45. The maximum atomic E-state index is 11.2. The number of benzene rings is 1. The van der Waals surface area contributed by atoms with Gasteiger partial charge in [-0.1, -0.05) is 6.07 Å². The molecule has 0 saturated carbocycles. The normalized spacial score (nSPS) is 12.9.